The van der Waals surface area contributed by atoms with Crippen molar-refractivity contribution in [1.82, 2.24) is 9.97 Å². The minimum Gasteiger partial charge on any atom is -0.383 e. The average molecular weight is 436 g/mol. The number of aryl methyl sites for hydroxylation is 1. The molecule has 2 amide bonds. The number of nitrogens with one attached hydrogen (secondary N) is 1. The van der Waals surface area contributed by atoms with Gasteiger partial charge in [0, 0.05) is 11.4 Å². The molecule has 10 heteroatoms. The monoisotopic (exact) mass is 435 g/mol. The SMILES string of the molecule is C[C@H]1CCc2c1nc1c(c2NC(=O)N=S(N)(=O)c2cnc(C(C)(C)O)s2)CCC1. The van der Waals surface area contributed by atoms with Crippen molar-refractivity contribution in [3.05, 3.63) is 33.7 Å². The third-order valence-electron chi connectivity index (χ3n) is 5.40. The lowest BCUT2D eigenvalue weighted by Gasteiger charge is -2.15. The Hall–Kier alpha value is -1.88. The number of rotatable bonds is 3. The average Bonchev–Trinajstić information content (AvgIpc) is 3.33. The summed E-state index contributed by atoms with van der Waals surface area (Å²) in [6.07, 6.45) is 5.94. The highest BCUT2D eigenvalue weighted by atomic mass is 32.2. The summed E-state index contributed by atoms with van der Waals surface area (Å²) in [5, 5.41) is 19.1. The molecule has 29 heavy (non-hydrogen) atoms. The van der Waals surface area contributed by atoms with Gasteiger partial charge in [0.25, 0.3) is 0 Å². The number of carbonyl (C=O) groups is 1. The molecule has 2 heterocycles. The number of hydrogen-bond acceptors (Lipinski definition) is 6. The summed E-state index contributed by atoms with van der Waals surface area (Å²) in [6.45, 7) is 5.29. The van der Waals surface area contributed by atoms with Crippen LogP contribution in [0.25, 0.3) is 0 Å². The van der Waals surface area contributed by atoms with Gasteiger partial charge in [0.2, 0.25) is 0 Å². The predicted molar refractivity (Wildman–Crippen MR) is 112 cm³/mol. The maximum Gasteiger partial charge on any atom is 0.354 e. The van der Waals surface area contributed by atoms with E-state index in [9.17, 15) is 14.1 Å². The smallest absolute Gasteiger partial charge is 0.354 e. The van der Waals surface area contributed by atoms with Crippen LogP contribution in [0.2, 0.25) is 0 Å². The number of aliphatic hydroxyl groups is 1. The Bertz CT molecular complexity index is 1110. The molecule has 2 aromatic rings. The van der Waals surface area contributed by atoms with Gasteiger partial charge in [-0.3, -0.25) is 4.98 Å². The summed E-state index contributed by atoms with van der Waals surface area (Å²) >= 11 is 0.990. The van der Waals surface area contributed by atoms with Crippen molar-refractivity contribution in [3.63, 3.8) is 0 Å². The third-order valence-corrected chi connectivity index (χ3v) is 8.59. The van der Waals surface area contributed by atoms with Gasteiger partial charge in [-0.25, -0.2) is 19.1 Å². The number of nitrogens with zero attached hydrogens (tertiary/aromatic N) is 3. The molecule has 1 unspecified atom stereocenters. The van der Waals surface area contributed by atoms with Crippen LogP contribution >= 0.6 is 11.3 Å². The second-order valence-electron chi connectivity index (χ2n) is 8.20. The van der Waals surface area contributed by atoms with Gasteiger partial charge < -0.3 is 10.4 Å². The number of urea groups is 1. The molecule has 2 aliphatic carbocycles. The first-order valence-corrected chi connectivity index (χ1v) is 12.0. The maximum atomic E-state index is 12.9. The fraction of sp³-hybridized carbons (Fsp3) is 0.526. The number of aromatic nitrogens is 2. The first kappa shape index (κ1) is 20.4. The van der Waals surface area contributed by atoms with E-state index in [0.29, 0.717) is 10.9 Å². The normalized spacial score (nSPS) is 20.1. The van der Waals surface area contributed by atoms with Gasteiger partial charge in [0.1, 0.15) is 14.8 Å². The van der Waals surface area contributed by atoms with E-state index in [1.54, 1.807) is 13.8 Å². The van der Waals surface area contributed by atoms with E-state index in [0.717, 1.165) is 71.6 Å². The topological polar surface area (TPSA) is 131 Å². The van der Waals surface area contributed by atoms with Crippen LogP contribution < -0.4 is 10.5 Å². The Balaban J connectivity index is 1.66. The van der Waals surface area contributed by atoms with Crippen LogP contribution in [0.4, 0.5) is 10.5 Å². The second-order valence-corrected chi connectivity index (χ2v) is 11.3. The molecular formula is C19H25N5O3S2. The lowest BCUT2D eigenvalue weighted by Crippen LogP contribution is -2.18. The van der Waals surface area contributed by atoms with Crippen molar-refractivity contribution in [2.45, 2.75) is 68.6 Å². The van der Waals surface area contributed by atoms with Crippen LogP contribution in [0.3, 0.4) is 0 Å². The number of anilines is 1. The van der Waals surface area contributed by atoms with Gasteiger partial charge in [-0.2, -0.15) is 0 Å². The fourth-order valence-corrected chi connectivity index (χ4v) is 5.99. The lowest BCUT2D eigenvalue weighted by molar-refractivity contribution is 0.0783. The molecule has 2 aliphatic rings. The van der Waals surface area contributed by atoms with Gasteiger partial charge in [-0.1, -0.05) is 6.92 Å². The molecule has 0 fully saturated rings. The van der Waals surface area contributed by atoms with E-state index in [1.165, 1.54) is 6.20 Å². The van der Waals surface area contributed by atoms with E-state index in [4.69, 9.17) is 10.1 Å². The second kappa shape index (κ2) is 7.12. The van der Waals surface area contributed by atoms with Gasteiger partial charge in [0.15, 0.2) is 9.92 Å². The summed E-state index contributed by atoms with van der Waals surface area (Å²) in [4.78, 5) is 21.6. The van der Waals surface area contributed by atoms with Crippen LogP contribution in [0.15, 0.2) is 14.8 Å². The third kappa shape index (κ3) is 3.81. The van der Waals surface area contributed by atoms with Crippen molar-refractivity contribution in [2.24, 2.45) is 9.50 Å². The molecule has 8 nitrogen and oxygen atoms in total. The van der Waals surface area contributed by atoms with E-state index in [1.807, 2.05) is 0 Å². The number of amides is 2. The van der Waals surface area contributed by atoms with E-state index in [-0.39, 0.29) is 4.21 Å². The lowest BCUT2D eigenvalue weighted by atomic mass is 10.0. The van der Waals surface area contributed by atoms with Crippen LogP contribution in [0, 0.1) is 0 Å². The summed E-state index contributed by atoms with van der Waals surface area (Å²) in [7, 11) is -3.47. The summed E-state index contributed by atoms with van der Waals surface area (Å²) in [5.41, 5.74) is 3.80. The molecular weight excluding hydrogens is 410 g/mol. The molecule has 0 aliphatic heterocycles. The maximum absolute atomic E-state index is 12.9. The highest BCUT2D eigenvalue weighted by Gasteiger charge is 2.30. The Morgan fingerprint density at radius 3 is 2.83 bits per heavy atom. The molecule has 0 bridgehead atoms. The molecule has 4 rings (SSSR count). The van der Waals surface area contributed by atoms with E-state index in [2.05, 4.69) is 21.6 Å². The number of hydrogen-bond donors (Lipinski definition) is 3. The summed E-state index contributed by atoms with van der Waals surface area (Å²) < 4.78 is 16.8. The molecule has 0 radical (unpaired) electrons. The Morgan fingerprint density at radius 1 is 1.38 bits per heavy atom. The molecule has 0 spiro atoms. The standard InChI is InChI=1S/C19H25N5O3S2/c1-10-7-8-12-15(10)22-13-6-4-5-11(13)16(12)23-18(25)24-29(20,27)14-9-21-17(28-14)19(2,3)26/h9-10,26H,4-8H2,1-3H3,(H3,20,22,23,24,25,27)/t10-,29?/m0/s1. The minimum atomic E-state index is -3.47. The quantitative estimate of drug-likeness (QED) is 0.681. The van der Waals surface area contributed by atoms with Gasteiger partial charge in [-0.15, -0.1) is 15.7 Å². The first-order valence-electron chi connectivity index (χ1n) is 9.65. The van der Waals surface area contributed by atoms with E-state index >= 15 is 0 Å². The van der Waals surface area contributed by atoms with E-state index < -0.39 is 21.5 Å². The zero-order valence-electron chi connectivity index (χ0n) is 16.7. The Kier molecular flexibility index (Phi) is 5.01. The first-order chi connectivity index (χ1) is 13.6. The number of pyridine rings is 1. The number of carbonyl (C=O) groups excluding carboxylic acids is 1. The molecule has 0 saturated carbocycles. The van der Waals surface area contributed by atoms with Crippen molar-refractivity contribution in [1.29, 1.82) is 0 Å². The Labute approximate surface area is 174 Å². The summed E-state index contributed by atoms with van der Waals surface area (Å²) in [5.74, 6) is 0.361. The highest BCUT2D eigenvalue weighted by molar-refractivity contribution is 7.93. The molecule has 156 valence electrons. The molecule has 4 N–H and O–H groups in total. The van der Waals surface area contributed by atoms with Crippen molar-refractivity contribution in [3.8, 4) is 0 Å². The van der Waals surface area contributed by atoms with Crippen LogP contribution in [-0.2, 0) is 34.8 Å². The van der Waals surface area contributed by atoms with Gasteiger partial charge in [0.05, 0.1) is 11.9 Å². The van der Waals surface area contributed by atoms with Crippen LogP contribution in [0.1, 0.15) is 67.1 Å². The van der Waals surface area contributed by atoms with Crippen LogP contribution in [0.5, 0.6) is 0 Å². The summed E-state index contributed by atoms with van der Waals surface area (Å²) in [6, 6.07) is -0.738. The zero-order valence-corrected chi connectivity index (χ0v) is 18.3. The predicted octanol–water partition coefficient (Wildman–Crippen LogP) is 3.24. The molecule has 0 saturated heterocycles. The highest BCUT2D eigenvalue weighted by Crippen LogP contribution is 2.41. The van der Waals surface area contributed by atoms with Crippen molar-refractivity contribution >= 4 is 33.0 Å². The van der Waals surface area contributed by atoms with Crippen LogP contribution in [-0.4, -0.2) is 25.3 Å². The minimum absolute atomic E-state index is 0.156. The number of thiazole rings is 1. The Morgan fingerprint density at radius 2 is 2.14 bits per heavy atom. The molecule has 0 aromatic carbocycles. The molecule has 2 aromatic heterocycles. The largest absolute Gasteiger partial charge is 0.383 e. The van der Waals surface area contributed by atoms with Gasteiger partial charge in [-0.05, 0) is 63.0 Å². The number of fused-ring (bicyclic) bond motifs is 2. The fourth-order valence-electron chi connectivity index (χ4n) is 3.93. The van der Waals surface area contributed by atoms with Gasteiger partial charge >= 0.3 is 6.03 Å². The van der Waals surface area contributed by atoms with Crippen molar-refractivity contribution < 1.29 is 14.1 Å². The zero-order chi connectivity index (χ0) is 21.0. The van der Waals surface area contributed by atoms with Crippen molar-refractivity contribution in [2.75, 3.05) is 5.32 Å². The number of nitrogens with two attached hydrogens (primary N) is 1. The molecule has 2 atom stereocenters.